The molecule has 3 rings (SSSR count). The number of tetrazole rings is 1. The second kappa shape index (κ2) is 4.45. The highest BCUT2D eigenvalue weighted by molar-refractivity contribution is 5.86. The first kappa shape index (κ1) is 11.8. The summed E-state index contributed by atoms with van der Waals surface area (Å²) in [6.07, 6.45) is 4.60. The number of fused-ring (bicyclic) bond motifs is 2. The Labute approximate surface area is 108 Å². The van der Waals surface area contributed by atoms with Gasteiger partial charge in [-0.1, -0.05) is 17.4 Å². The summed E-state index contributed by atoms with van der Waals surface area (Å²) in [5.74, 6) is -1.91. The van der Waals surface area contributed by atoms with Crippen molar-refractivity contribution in [3.05, 3.63) is 18.0 Å². The van der Waals surface area contributed by atoms with E-state index >= 15 is 0 Å². The maximum absolute atomic E-state index is 12.2. The first-order valence-corrected chi connectivity index (χ1v) is 6.08. The zero-order valence-corrected chi connectivity index (χ0v) is 9.98. The summed E-state index contributed by atoms with van der Waals surface area (Å²) < 4.78 is 0. The smallest absolute Gasteiger partial charge is 0.307 e. The van der Waals surface area contributed by atoms with Crippen molar-refractivity contribution in [2.45, 2.75) is 13.0 Å². The minimum Gasteiger partial charge on any atom is -0.481 e. The summed E-state index contributed by atoms with van der Waals surface area (Å²) in [5, 5.41) is 25.1. The van der Waals surface area contributed by atoms with Crippen LogP contribution in [0.15, 0.2) is 12.2 Å². The van der Waals surface area contributed by atoms with Gasteiger partial charge in [0.1, 0.15) is 0 Å². The molecule has 100 valence electrons. The number of carbonyl (C=O) groups is 2. The van der Waals surface area contributed by atoms with Crippen molar-refractivity contribution in [1.29, 1.82) is 0 Å². The topological polar surface area (TPSA) is 121 Å². The average Bonchev–Trinajstić information content (AvgIpc) is 3.10. The maximum Gasteiger partial charge on any atom is 0.307 e. The van der Waals surface area contributed by atoms with E-state index in [1.54, 1.807) is 0 Å². The lowest BCUT2D eigenvalue weighted by Gasteiger charge is -2.23. The van der Waals surface area contributed by atoms with Crippen molar-refractivity contribution in [3.63, 3.8) is 0 Å². The summed E-state index contributed by atoms with van der Waals surface area (Å²) in [4.78, 5) is 23.4. The molecule has 0 saturated heterocycles. The van der Waals surface area contributed by atoms with Gasteiger partial charge in [-0.25, -0.2) is 0 Å². The third-order valence-corrected chi connectivity index (χ3v) is 3.86. The number of aliphatic carboxylic acids is 1. The molecule has 4 unspecified atom stereocenters. The molecule has 1 aromatic rings. The first-order valence-electron chi connectivity index (χ1n) is 6.08. The van der Waals surface area contributed by atoms with Crippen molar-refractivity contribution in [2.75, 3.05) is 0 Å². The van der Waals surface area contributed by atoms with Gasteiger partial charge in [0.2, 0.25) is 5.91 Å². The summed E-state index contributed by atoms with van der Waals surface area (Å²) in [5.41, 5.74) is 0. The Morgan fingerprint density at radius 2 is 2.11 bits per heavy atom. The quantitative estimate of drug-likeness (QED) is 0.620. The van der Waals surface area contributed by atoms with Gasteiger partial charge in [-0.05, 0) is 18.3 Å². The van der Waals surface area contributed by atoms with Crippen LogP contribution in [-0.2, 0) is 16.1 Å². The lowest BCUT2D eigenvalue weighted by molar-refractivity contribution is -0.147. The van der Waals surface area contributed by atoms with E-state index in [1.165, 1.54) is 0 Å². The van der Waals surface area contributed by atoms with E-state index in [4.69, 9.17) is 0 Å². The molecule has 1 saturated carbocycles. The second-order valence-electron chi connectivity index (χ2n) is 4.88. The Morgan fingerprint density at radius 3 is 2.74 bits per heavy atom. The summed E-state index contributed by atoms with van der Waals surface area (Å²) in [6, 6.07) is 0. The average molecular weight is 263 g/mol. The van der Waals surface area contributed by atoms with Gasteiger partial charge in [-0.3, -0.25) is 9.59 Å². The van der Waals surface area contributed by atoms with E-state index in [9.17, 15) is 14.7 Å². The zero-order chi connectivity index (χ0) is 13.4. The molecule has 0 spiro atoms. The summed E-state index contributed by atoms with van der Waals surface area (Å²) in [6.45, 7) is 0.152. The van der Waals surface area contributed by atoms with Crippen LogP contribution in [-0.4, -0.2) is 37.6 Å². The molecule has 2 aliphatic carbocycles. The molecule has 2 aliphatic rings. The van der Waals surface area contributed by atoms with Crippen LogP contribution in [0.2, 0.25) is 0 Å². The predicted octanol–water partition coefficient (Wildman–Crippen LogP) is -0.661. The van der Waals surface area contributed by atoms with E-state index in [2.05, 4.69) is 25.9 Å². The number of amides is 1. The number of carboxylic acid groups (broad SMARTS) is 1. The Hall–Kier alpha value is -2.25. The lowest BCUT2D eigenvalue weighted by atomic mass is 9.82. The van der Waals surface area contributed by atoms with Crippen molar-refractivity contribution in [3.8, 4) is 0 Å². The molecule has 1 amide bonds. The van der Waals surface area contributed by atoms with Crippen LogP contribution in [0.25, 0.3) is 0 Å². The number of hydrogen-bond acceptors (Lipinski definition) is 5. The molecule has 1 aromatic heterocycles. The number of aromatic amines is 1. The largest absolute Gasteiger partial charge is 0.481 e. The molecule has 0 aliphatic heterocycles. The number of H-pyrrole nitrogens is 1. The minimum absolute atomic E-state index is 0.0244. The molecular formula is C11H13N5O3. The normalized spacial score (nSPS) is 31.6. The van der Waals surface area contributed by atoms with Crippen LogP contribution in [0.5, 0.6) is 0 Å². The molecule has 8 nitrogen and oxygen atoms in total. The fraction of sp³-hybridized carbons (Fsp3) is 0.545. The van der Waals surface area contributed by atoms with Gasteiger partial charge in [0, 0.05) is 0 Å². The minimum atomic E-state index is -0.906. The highest BCUT2D eigenvalue weighted by Gasteiger charge is 2.51. The predicted molar refractivity (Wildman–Crippen MR) is 61.4 cm³/mol. The fourth-order valence-corrected chi connectivity index (χ4v) is 3.06. The van der Waals surface area contributed by atoms with Crippen LogP contribution < -0.4 is 5.32 Å². The molecule has 19 heavy (non-hydrogen) atoms. The van der Waals surface area contributed by atoms with Gasteiger partial charge >= 0.3 is 5.97 Å². The van der Waals surface area contributed by atoms with Crippen LogP contribution in [0.4, 0.5) is 0 Å². The molecule has 0 radical (unpaired) electrons. The Balaban J connectivity index is 1.68. The highest BCUT2D eigenvalue weighted by atomic mass is 16.4. The number of nitrogens with one attached hydrogen (secondary N) is 2. The van der Waals surface area contributed by atoms with Gasteiger partial charge in [0.05, 0.1) is 18.4 Å². The Bertz CT molecular complexity index is 526. The second-order valence-corrected chi connectivity index (χ2v) is 4.88. The molecule has 2 bridgehead atoms. The SMILES string of the molecule is O=C(O)C1C2C=CC(C2)C1C(=O)NCc1nn[nH]n1. The van der Waals surface area contributed by atoms with Crippen molar-refractivity contribution in [1.82, 2.24) is 25.9 Å². The molecular weight excluding hydrogens is 250 g/mol. The molecule has 8 heteroatoms. The van der Waals surface area contributed by atoms with E-state index in [0.29, 0.717) is 5.82 Å². The standard InChI is InChI=1S/C11H13N5O3/c17-10(12-4-7-13-15-16-14-7)8-5-1-2-6(3-5)9(8)11(18)19/h1-2,5-6,8-9H,3-4H2,(H,12,17)(H,18,19)(H,13,14,15,16). The van der Waals surface area contributed by atoms with E-state index in [0.717, 1.165) is 6.42 Å². The van der Waals surface area contributed by atoms with E-state index in [1.807, 2.05) is 12.2 Å². The zero-order valence-electron chi connectivity index (χ0n) is 9.98. The molecule has 3 N–H and O–H groups in total. The highest BCUT2D eigenvalue weighted by Crippen LogP contribution is 2.48. The van der Waals surface area contributed by atoms with E-state index < -0.39 is 17.8 Å². The summed E-state index contributed by atoms with van der Waals surface area (Å²) >= 11 is 0. The number of aromatic nitrogens is 4. The fourth-order valence-electron chi connectivity index (χ4n) is 3.06. The Morgan fingerprint density at radius 1 is 1.37 bits per heavy atom. The molecule has 1 fully saturated rings. The van der Waals surface area contributed by atoms with E-state index in [-0.39, 0.29) is 24.3 Å². The van der Waals surface area contributed by atoms with Gasteiger partial charge in [0.15, 0.2) is 5.82 Å². The third-order valence-electron chi connectivity index (χ3n) is 3.86. The lowest BCUT2D eigenvalue weighted by Crippen LogP contribution is -2.40. The third kappa shape index (κ3) is 1.98. The van der Waals surface area contributed by atoms with Crippen molar-refractivity contribution < 1.29 is 14.7 Å². The van der Waals surface area contributed by atoms with Crippen LogP contribution in [0.3, 0.4) is 0 Å². The number of rotatable bonds is 4. The van der Waals surface area contributed by atoms with Gasteiger partial charge in [-0.2, -0.15) is 5.21 Å². The maximum atomic E-state index is 12.2. The van der Waals surface area contributed by atoms with Gasteiger partial charge in [0.25, 0.3) is 0 Å². The monoisotopic (exact) mass is 263 g/mol. The van der Waals surface area contributed by atoms with Crippen LogP contribution in [0.1, 0.15) is 12.2 Å². The number of allylic oxidation sites excluding steroid dienone is 2. The number of nitrogens with zero attached hydrogens (tertiary/aromatic N) is 3. The van der Waals surface area contributed by atoms with Crippen LogP contribution in [0, 0.1) is 23.7 Å². The van der Waals surface area contributed by atoms with Crippen molar-refractivity contribution in [2.24, 2.45) is 23.7 Å². The van der Waals surface area contributed by atoms with Gasteiger partial charge < -0.3 is 10.4 Å². The molecule has 1 heterocycles. The number of carboxylic acids is 1. The molecule has 4 atom stereocenters. The molecule has 0 aromatic carbocycles. The Kier molecular flexibility index (Phi) is 2.77. The summed E-state index contributed by atoms with van der Waals surface area (Å²) in [7, 11) is 0. The van der Waals surface area contributed by atoms with Gasteiger partial charge in [-0.15, -0.1) is 10.2 Å². The number of hydrogen-bond donors (Lipinski definition) is 3. The number of carbonyl (C=O) groups excluding carboxylic acids is 1. The first-order chi connectivity index (χ1) is 9.16. The van der Waals surface area contributed by atoms with Crippen molar-refractivity contribution >= 4 is 11.9 Å². The van der Waals surface area contributed by atoms with Crippen LogP contribution >= 0.6 is 0 Å².